The van der Waals surface area contributed by atoms with Gasteiger partial charge in [-0.05, 0) is 46.5 Å². The molecule has 4 aliphatic rings. The van der Waals surface area contributed by atoms with Crippen molar-refractivity contribution < 1.29 is 33.8 Å². The third-order valence-electron chi connectivity index (χ3n) is 7.75. The van der Waals surface area contributed by atoms with E-state index in [1.807, 2.05) is 26.0 Å². The zero-order valence-corrected chi connectivity index (χ0v) is 21.9. The summed E-state index contributed by atoms with van der Waals surface area (Å²) in [6.07, 6.45) is 8.84. The molecule has 1 spiro atoms. The van der Waals surface area contributed by atoms with Crippen LogP contribution in [0.4, 0.5) is 0 Å². The van der Waals surface area contributed by atoms with Crippen LogP contribution in [0.1, 0.15) is 52.9 Å². The molecule has 0 radical (unpaired) electrons. The number of nitrogens with one attached hydrogen (secondary N) is 1. The second-order valence-electron chi connectivity index (χ2n) is 10.7. The Morgan fingerprint density at radius 1 is 1.14 bits per heavy atom. The van der Waals surface area contributed by atoms with Crippen molar-refractivity contribution in [2.24, 2.45) is 11.8 Å². The average molecular weight is 518 g/mol. The van der Waals surface area contributed by atoms with Crippen molar-refractivity contribution in [3.05, 3.63) is 24.3 Å². The van der Waals surface area contributed by atoms with Crippen molar-refractivity contribution in [1.29, 1.82) is 0 Å². The molecule has 0 aromatic carbocycles. The van der Waals surface area contributed by atoms with E-state index in [4.69, 9.17) is 9.47 Å². The third kappa shape index (κ3) is 5.18. The number of hydrogen-bond acceptors (Lipinski definition) is 7. The summed E-state index contributed by atoms with van der Waals surface area (Å²) in [5.41, 5.74) is -1.23. The smallest absolute Gasteiger partial charge is 0.313 e. The van der Waals surface area contributed by atoms with Crippen molar-refractivity contribution in [1.82, 2.24) is 15.1 Å². The predicted octanol–water partition coefficient (Wildman–Crippen LogP) is 0.935. The number of unbranched alkanes of at least 4 members (excludes halogenated alkanes) is 2. The first-order chi connectivity index (χ1) is 17.7. The molecule has 4 rings (SSSR count). The molecular formula is C27H39N3O7. The van der Waals surface area contributed by atoms with Crippen LogP contribution in [0.15, 0.2) is 24.3 Å². The van der Waals surface area contributed by atoms with Gasteiger partial charge in [0.15, 0.2) is 0 Å². The molecule has 3 amide bonds. The lowest BCUT2D eigenvalue weighted by atomic mass is 9.74. The van der Waals surface area contributed by atoms with Gasteiger partial charge in [-0.2, -0.15) is 0 Å². The Kier molecular flexibility index (Phi) is 8.38. The highest BCUT2D eigenvalue weighted by Crippen LogP contribution is 2.55. The van der Waals surface area contributed by atoms with Crippen molar-refractivity contribution >= 4 is 23.7 Å². The number of fused-ring (bicyclic) bond motifs is 2. The van der Waals surface area contributed by atoms with Crippen LogP contribution in [-0.2, 0) is 28.7 Å². The van der Waals surface area contributed by atoms with Crippen LogP contribution in [0.3, 0.4) is 0 Å². The normalized spacial score (nSPS) is 35.2. The lowest BCUT2D eigenvalue weighted by molar-refractivity contribution is -0.158. The molecule has 10 heteroatoms. The molecule has 2 fully saturated rings. The van der Waals surface area contributed by atoms with Crippen molar-refractivity contribution in [2.45, 2.75) is 82.8 Å². The number of likely N-dealkylation sites (tertiary alicyclic amines) is 1. The van der Waals surface area contributed by atoms with Gasteiger partial charge >= 0.3 is 5.97 Å². The second kappa shape index (κ2) is 11.3. The molecule has 4 heterocycles. The molecule has 4 aliphatic heterocycles. The molecule has 204 valence electrons. The number of carbonyl (C=O) groups is 4. The van der Waals surface area contributed by atoms with E-state index in [0.29, 0.717) is 45.2 Å². The fourth-order valence-corrected chi connectivity index (χ4v) is 5.93. The number of nitrogens with zero attached hydrogens (tertiary/aromatic N) is 2. The third-order valence-corrected chi connectivity index (χ3v) is 7.75. The molecule has 0 aromatic rings. The number of allylic oxidation sites excluding steroid dienone is 1. The van der Waals surface area contributed by atoms with Crippen molar-refractivity contribution in [3.8, 4) is 0 Å². The molecule has 2 N–H and O–H groups in total. The highest BCUT2D eigenvalue weighted by Gasteiger charge is 2.73. The Bertz CT molecular complexity index is 964. The minimum Gasteiger partial charge on any atom is -0.460 e. The van der Waals surface area contributed by atoms with Crippen LogP contribution in [0, 0.1) is 11.8 Å². The number of cyclic esters (lactones) is 1. The van der Waals surface area contributed by atoms with Gasteiger partial charge in [0, 0.05) is 32.2 Å². The number of esters is 1. The summed E-state index contributed by atoms with van der Waals surface area (Å²) in [6.45, 7) is 6.44. The van der Waals surface area contributed by atoms with Crippen LogP contribution in [0.5, 0.6) is 0 Å². The van der Waals surface area contributed by atoms with Crippen molar-refractivity contribution in [2.75, 3.05) is 26.2 Å². The number of carbonyl (C=O) groups excluding carboxylic acids is 4. The Morgan fingerprint density at radius 2 is 1.92 bits per heavy atom. The van der Waals surface area contributed by atoms with E-state index in [9.17, 15) is 24.3 Å². The average Bonchev–Trinajstić information content (AvgIpc) is 3.49. The standard InChI is InChI=1S/C27H39N3O7/c1-17(2)29-13-7-4-6-10-20(32)28-16-18(3)36-26(35)21-19-11-12-27(37-19)22(21)24(33)30(23(27)25(29)34)14-8-5-9-15-31/h4,7,11-12,17-19,21-23,31H,5-6,8-10,13-16H2,1-3H3,(H,28,32)/b7-4-/t18-,19+,21-,22-,23+,27-/m1/s1. The molecule has 0 saturated carbocycles. The van der Waals surface area contributed by atoms with E-state index < -0.39 is 41.7 Å². The molecule has 2 saturated heterocycles. The maximum Gasteiger partial charge on any atom is 0.313 e. The summed E-state index contributed by atoms with van der Waals surface area (Å²) in [6, 6.07) is -1.04. The van der Waals surface area contributed by atoms with E-state index in [-0.39, 0.29) is 36.9 Å². The minimum atomic E-state index is -1.23. The van der Waals surface area contributed by atoms with Crippen LogP contribution in [0.25, 0.3) is 0 Å². The topological polar surface area (TPSA) is 125 Å². The van der Waals surface area contributed by atoms with Gasteiger partial charge in [-0.15, -0.1) is 0 Å². The monoisotopic (exact) mass is 517 g/mol. The summed E-state index contributed by atoms with van der Waals surface area (Å²) in [7, 11) is 0. The fourth-order valence-electron chi connectivity index (χ4n) is 5.93. The quantitative estimate of drug-likeness (QED) is 0.305. The Hall–Kier alpha value is -2.72. The van der Waals surface area contributed by atoms with Gasteiger partial charge in [0.1, 0.15) is 23.7 Å². The summed E-state index contributed by atoms with van der Waals surface area (Å²) >= 11 is 0. The van der Waals surface area contributed by atoms with Crippen LogP contribution >= 0.6 is 0 Å². The highest BCUT2D eigenvalue weighted by atomic mass is 16.6. The summed E-state index contributed by atoms with van der Waals surface area (Å²) in [5.74, 6) is -2.94. The highest BCUT2D eigenvalue weighted by molar-refractivity contribution is 5.99. The summed E-state index contributed by atoms with van der Waals surface area (Å²) in [5, 5.41) is 12.0. The Labute approximate surface area is 218 Å². The second-order valence-corrected chi connectivity index (χ2v) is 10.7. The zero-order chi connectivity index (χ0) is 26.7. The van der Waals surface area contributed by atoms with Crippen LogP contribution in [0.2, 0.25) is 0 Å². The number of amides is 3. The Balaban J connectivity index is 1.71. The van der Waals surface area contributed by atoms with E-state index in [2.05, 4.69) is 5.32 Å². The summed E-state index contributed by atoms with van der Waals surface area (Å²) < 4.78 is 12.0. The predicted molar refractivity (Wildman–Crippen MR) is 134 cm³/mol. The molecule has 10 nitrogen and oxygen atoms in total. The van der Waals surface area contributed by atoms with Crippen LogP contribution < -0.4 is 5.32 Å². The zero-order valence-electron chi connectivity index (χ0n) is 21.9. The first-order valence-corrected chi connectivity index (χ1v) is 13.4. The molecule has 0 unspecified atom stereocenters. The van der Waals surface area contributed by atoms with Crippen LogP contribution in [-0.4, -0.2) is 94.7 Å². The summed E-state index contributed by atoms with van der Waals surface area (Å²) in [4.78, 5) is 56.9. The van der Waals surface area contributed by atoms with E-state index >= 15 is 0 Å². The minimum absolute atomic E-state index is 0.0659. The molecule has 0 aliphatic carbocycles. The van der Waals surface area contributed by atoms with Gasteiger partial charge in [0.05, 0.1) is 18.6 Å². The van der Waals surface area contributed by atoms with E-state index in [1.165, 1.54) is 0 Å². The lowest BCUT2D eigenvalue weighted by Gasteiger charge is -2.37. The van der Waals surface area contributed by atoms with Gasteiger partial charge in [-0.1, -0.05) is 24.3 Å². The first-order valence-electron chi connectivity index (χ1n) is 13.4. The number of hydrogen-bond donors (Lipinski definition) is 2. The van der Waals surface area contributed by atoms with Gasteiger partial charge in [0.25, 0.3) is 0 Å². The van der Waals surface area contributed by atoms with Crippen molar-refractivity contribution in [3.63, 3.8) is 0 Å². The van der Waals surface area contributed by atoms with E-state index in [1.54, 1.807) is 28.9 Å². The number of ether oxygens (including phenoxy) is 2. The Morgan fingerprint density at radius 3 is 2.65 bits per heavy atom. The molecule has 37 heavy (non-hydrogen) atoms. The molecular weight excluding hydrogens is 478 g/mol. The first kappa shape index (κ1) is 27.3. The van der Waals surface area contributed by atoms with Gasteiger partial charge in [0.2, 0.25) is 17.7 Å². The van der Waals surface area contributed by atoms with Gasteiger partial charge in [-0.25, -0.2) is 0 Å². The largest absolute Gasteiger partial charge is 0.460 e. The SMILES string of the molecule is CC(C)N1C/C=C\CCC(=O)NC[C@@H](C)OC(=O)[C@@H]2[C@@H]3C=C[C@]4(O3)[C@H](C1=O)N(CCCCCO)C(=O)[C@@H]24. The maximum atomic E-state index is 14.2. The molecule has 5 bridgehead atoms. The number of aliphatic hydroxyl groups excluding tert-OH is 1. The van der Waals surface area contributed by atoms with Gasteiger partial charge in [-0.3, -0.25) is 19.2 Å². The lowest BCUT2D eigenvalue weighted by Crippen LogP contribution is -2.57. The molecule has 0 aromatic heterocycles. The van der Waals surface area contributed by atoms with Gasteiger partial charge < -0.3 is 29.7 Å². The van der Waals surface area contributed by atoms with E-state index in [0.717, 1.165) is 0 Å². The number of aliphatic hydroxyl groups is 1. The fraction of sp³-hybridized carbons (Fsp3) is 0.704. The number of rotatable bonds is 6. The molecule has 6 atom stereocenters. The maximum absolute atomic E-state index is 14.2.